The van der Waals surface area contributed by atoms with Crippen LogP contribution in [0, 0.1) is 0 Å². The van der Waals surface area contributed by atoms with Crippen LogP contribution >= 0.6 is 31.9 Å². The number of benzene rings is 1. The lowest BCUT2D eigenvalue weighted by atomic mass is 10.0. The highest BCUT2D eigenvalue weighted by Crippen LogP contribution is 2.36. The van der Waals surface area contributed by atoms with Gasteiger partial charge in [-0.05, 0) is 18.2 Å². The summed E-state index contributed by atoms with van der Waals surface area (Å²) in [7, 11) is 0. The van der Waals surface area contributed by atoms with E-state index in [9.17, 15) is 5.11 Å². The maximum Gasteiger partial charge on any atom is 0.300 e. The molecule has 2 rings (SSSR count). The van der Waals surface area contributed by atoms with Crippen molar-refractivity contribution in [2.75, 3.05) is 6.61 Å². The molecule has 1 aromatic rings. The van der Waals surface area contributed by atoms with E-state index >= 15 is 0 Å². The van der Waals surface area contributed by atoms with Crippen molar-refractivity contribution < 1.29 is 19.7 Å². The van der Waals surface area contributed by atoms with E-state index in [4.69, 9.17) is 14.6 Å². The molecule has 6 heteroatoms. The van der Waals surface area contributed by atoms with Crippen LogP contribution in [0.2, 0.25) is 0 Å². The molecule has 1 aliphatic rings. The summed E-state index contributed by atoms with van der Waals surface area (Å²) in [5.74, 6) is -0.0635. The molecule has 4 nitrogen and oxygen atoms in total. The summed E-state index contributed by atoms with van der Waals surface area (Å²) in [6.45, 7) is 1.59. The number of rotatable bonds is 0. The molecular weight excluding hydrogens is 356 g/mol. The Balaban J connectivity index is 0.000000317. The van der Waals surface area contributed by atoms with Gasteiger partial charge in [-0.15, -0.1) is 0 Å². The van der Waals surface area contributed by atoms with Crippen LogP contribution < -0.4 is 4.74 Å². The smallest absolute Gasteiger partial charge is 0.300 e. The number of aliphatic carboxylic acids is 1. The van der Waals surface area contributed by atoms with Crippen molar-refractivity contribution >= 4 is 37.8 Å². The standard InChI is InChI=1S/C9H8Br2O2.C2H4O2/c10-5-1-2-8-6(3-5)9(12)7(11)4-13-8;1-2(3)4/h1-3,7,9,12H,4H2;1H3,(H,3,4)/t7-,9-;/m1./s1. The minimum absolute atomic E-state index is 0.0192. The molecular formula is C11H12Br2O4. The Morgan fingerprint density at radius 3 is 2.71 bits per heavy atom. The molecule has 2 N–H and O–H groups in total. The molecule has 0 bridgehead atoms. The van der Waals surface area contributed by atoms with E-state index < -0.39 is 12.1 Å². The minimum atomic E-state index is -0.833. The summed E-state index contributed by atoms with van der Waals surface area (Å²) >= 11 is 6.71. The maximum atomic E-state index is 9.81. The lowest BCUT2D eigenvalue weighted by Gasteiger charge is -2.26. The van der Waals surface area contributed by atoms with Crippen molar-refractivity contribution in [3.8, 4) is 5.75 Å². The van der Waals surface area contributed by atoms with E-state index in [1.54, 1.807) is 0 Å². The monoisotopic (exact) mass is 366 g/mol. The molecule has 94 valence electrons. The highest BCUT2D eigenvalue weighted by molar-refractivity contribution is 9.10. The van der Waals surface area contributed by atoms with Crippen LogP contribution in [0.5, 0.6) is 5.75 Å². The molecule has 0 fully saturated rings. The fourth-order valence-corrected chi connectivity index (χ4v) is 2.13. The number of halogens is 2. The van der Waals surface area contributed by atoms with Gasteiger partial charge < -0.3 is 14.9 Å². The topological polar surface area (TPSA) is 66.8 Å². The molecule has 1 aromatic carbocycles. The number of aliphatic hydroxyl groups is 1. The molecule has 0 saturated carbocycles. The summed E-state index contributed by atoms with van der Waals surface area (Å²) in [6.07, 6.45) is -0.485. The molecule has 0 amide bonds. The number of carboxylic acids is 1. The number of aliphatic hydroxyl groups excluding tert-OH is 1. The molecule has 1 heterocycles. The van der Waals surface area contributed by atoms with Crippen molar-refractivity contribution in [1.82, 2.24) is 0 Å². The predicted octanol–water partition coefficient (Wildman–Crippen LogP) is 2.73. The normalized spacial score (nSPS) is 21.6. The fourth-order valence-electron chi connectivity index (χ4n) is 1.34. The zero-order valence-electron chi connectivity index (χ0n) is 9.06. The highest BCUT2D eigenvalue weighted by atomic mass is 79.9. The average Bonchev–Trinajstić information content (AvgIpc) is 2.23. The van der Waals surface area contributed by atoms with Crippen LogP contribution in [-0.4, -0.2) is 27.6 Å². The van der Waals surface area contributed by atoms with Crippen LogP contribution in [0.15, 0.2) is 22.7 Å². The van der Waals surface area contributed by atoms with Crippen molar-refractivity contribution in [1.29, 1.82) is 0 Å². The largest absolute Gasteiger partial charge is 0.492 e. The van der Waals surface area contributed by atoms with E-state index in [-0.39, 0.29) is 4.83 Å². The van der Waals surface area contributed by atoms with Crippen LogP contribution in [0.25, 0.3) is 0 Å². The molecule has 0 aliphatic carbocycles. The number of carboxylic acid groups (broad SMARTS) is 1. The van der Waals surface area contributed by atoms with Gasteiger partial charge in [0, 0.05) is 17.0 Å². The van der Waals surface area contributed by atoms with Gasteiger partial charge in [-0.1, -0.05) is 31.9 Å². The fraction of sp³-hybridized carbons (Fsp3) is 0.364. The van der Waals surface area contributed by atoms with Gasteiger partial charge in [0.15, 0.2) is 0 Å². The minimum Gasteiger partial charge on any atom is -0.492 e. The first-order valence-corrected chi connectivity index (χ1v) is 6.56. The van der Waals surface area contributed by atoms with Crippen molar-refractivity contribution in [3.05, 3.63) is 28.2 Å². The van der Waals surface area contributed by atoms with E-state index in [2.05, 4.69) is 31.9 Å². The van der Waals surface area contributed by atoms with Gasteiger partial charge in [0.25, 0.3) is 5.97 Å². The molecule has 0 aromatic heterocycles. The predicted molar refractivity (Wildman–Crippen MR) is 70.6 cm³/mol. The maximum absolute atomic E-state index is 9.81. The molecule has 1 aliphatic heterocycles. The number of ether oxygens (including phenoxy) is 1. The quantitative estimate of drug-likeness (QED) is 0.692. The second kappa shape index (κ2) is 6.37. The van der Waals surface area contributed by atoms with Crippen LogP contribution in [-0.2, 0) is 4.79 Å². The number of hydrogen-bond acceptors (Lipinski definition) is 3. The first-order chi connectivity index (χ1) is 7.91. The molecule has 2 atom stereocenters. The van der Waals surface area contributed by atoms with Crippen LogP contribution in [0.1, 0.15) is 18.6 Å². The van der Waals surface area contributed by atoms with Gasteiger partial charge in [0.1, 0.15) is 12.4 Å². The zero-order valence-corrected chi connectivity index (χ0v) is 12.2. The second-order valence-corrected chi connectivity index (χ2v) is 5.56. The number of hydrogen-bond donors (Lipinski definition) is 2. The Labute approximate surface area is 116 Å². The average molecular weight is 368 g/mol. The van der Waals surface area contributed by atoms with Gasteiger partial charge in [-0.3, -0.25) is 4.79 Å². The summed E-state index contributed by atoms with van der Waals surface area (Å²) in [5, 5.41) is 17.2. The summed E-state index contributed by atoms with van der Waals surface area (Å²) in [5.41, 5.74) is 0.836. The second-order valence-electron chi connectivity index (χ2n) is 3.47. The first-order valence-electron chi connectivity index (χ1n) is 4.85. The lowest BCUT2D eigenvalue weighted by molar-refractivity contribution is -0.134. The lowest BCUT2D eigenvalue weighted by Crippen LogP contribution is -2.25. The molecule has 0 radical (unpaired) electrons. The van der Waals surface area contributed by atoms with Crippen LogP contribution in [0.4, 0.5) is 0 Å². The van der Waals surface area contributed by atoms with E-state index in [0.717, 1.165) is 22.7 Å². The van der Waals surface area contributed by atoms with Gasteiger partial charge in [0.2, 0.25) is 0 Å². The summed E-state index contributed by atoms with van der Waals surface area (Å²) in [6, 6.07) is 5.65. The van der Waals surface area contributed by atoms with Gasteiger partial charge >= 0.3 is 0 Å². The Hall–Kier alpha value is -0.590. The highest BCUT2D eigenvalue weighted by Gasteiger charge is 2.27. The number of alkyl halides is 1. The van der Waals surface area contributed by atoms with Gasteiger partial charge in [-0.25, -0.2) is 0 Å². The third-order valence-electron chi connectivity index (χ3n) is 2.03. The van der Waals surface area contributed by atoms with Gasteiger partial charge in [0.05, 0.1) is 10.9 Å². The Morgan fingerprint density at radius 2 is 2.12 bits per heavy atom. The van der Waals surface area contributed by atoms with E-state index in [1.807, 2.05) is 18.2 Å². The van der Waals surface area contributed by atoms with Crippen LogP contribution in [0.3, 0.4) is 0 Å². The van der Waals surface area contributed by atoms with Crippen molar-refractivity contribution in [2.24, 2.45) is 0 Å². The third-order valence-corrected chi connectivity index (χ3v) is 3.29. The zero-order chi connectivity index (χ0) is 13.0. The summed E-state index contributed by atoms with van der Waals surface area (Å²) in [4.78, 5) is 8.98. The Bertz CT molecular complexity index is 404. The van der Waals surface area contributed by atoms with Gasteiger partial charge in [-0.2, -0.15) is 0 Å². The molecule has 0 spiro atoms. The SMILES string of the molecule is CC(=O)O.O[C@@H]1c2cc(Br)ccc2OC[C@H]1Br. The molecule has 17 heavy (non-hydrogen) atoms. The number of fused-ring (bicyclic) bond motifs is 1. The first kappa shape index (κ1) is 14.5. The van der Waals surface area contributed by atoms with E-state index in [1.165, 1.54) is 0 Å². The molecule has 0 unspecified atom stereocenters. The third kappa shape index (κ3) is 4.29. The summed E-state index contributed by atoms with van der Waals surface area (Å²) < 4.78 is 6.39. The van der Waals surface area contributed by atoms with Crippen molar-refractivity contribution in [2.45, 2.75) is 17.9 Å². The Morgan fingerprint density at radius 1 is 1.53 bits per heavy atom. The molecule has 0 saturated heterocycles. The van der Waals surface area contributed by atoms with Crippen molar-refractivity contribution in [3.63, 3.8) is 0 Å². The van der Waals surface area contributed by atoms with E-state index in [0.29, 0.717) is 6.61 Å². The number of carbonyl (C=O) groups is 1. The Kier molecular flexibility index (Phi) is 5.42.